The Morgan fingerprint density at radius 3 is 2.71 bits per heavy atom. The lowest BCUT2D eigenvalue weighted by Crippen LogP contribution is -2.33. The molecule has 1 aromatic carbocycles. The molecule has 4 heteroatoms. The van der Waals surface area contributed by atoms with Crippen LogP contribution in [0.2, 0.25) is 5.02 Å². The Bertz CT molecular complexity index is 357. The first-order valence-electron chi connectivity index (χ1n) is 5.81. The molecular formula is C13H19BrClNO. The highest BCUT2D eigenvalue weighted by molar-refractivity contribution is 9.10. The minimum atomic E-state index is 0.140. The smallest absolute Gasteiger partial charge is 0.0584 e. The number of halogens is 2. The van der Waals surface area contributed by atoms with Crippen molar-refractivity contribution < 1.29 is 5.11 Å². The topological polar surface area (TPSA) is 32.3 Å². The average molecular weight is 321 g/mol. The van der Waals surface area contributed by atoms with Gasteiger partial charge >= 0.3 is 0 Å². The zero-order valence-corrected chi connectivity index (χ0v) is 12.6. The first-order chi connectivity index (χ1) is 8.02. The van der Waals surface area contributed by atoms with Crippen LogP contribution < -0.4 is 5.32 Å². The standard InChI is InChI=1S/C13H19BrClNO/c1-9(2)5-12(8-17)16-7-10-6-11(15)3-4-13(10)14/h3-4,6,9,12,16-17H,5,7-8H2,1-2H3. The van der Waals surface area contributed by atoms with Gasteiger partial charge in [0.05, 0.1) is 6.61 Å². The lowest BCUT2D eigenvalue weighted by atomic mass is 10.0. The third kappa shape index (κ3) is 5.38. The van der Waals surface area contributed by atoms with E-state index in [-0.39, 0.29) is 12.6 Å². The van der Waals surface area contributed by atoms with Crippen LogP contribution in [0.4, 0.5) is 0 Å². The maximum absolute atomic E-state index is 9.28. The van der Waals surface area contributed by atoms with Gasteiger partial charge in [-0.05, 0) is 36.1 Å². The predicted molar refractivity (Wildman–Crippen MR) is 76.3 cm³/mol. The summed E-state index contributed by atoms with van der Waals surface area (Å²) in [7, 11) is 0. The molecule has 0 amide bonds. The Kier molecular flexibility index (Phi) is 6.49. The fourth-order valence-electron chi connectivity index (χ4n) is 1.72. The number of aliphatic hydroxyl groups excluding tert-OH is 1. The summed E-state index contributed by atoms with van der Waals surface area (Å²) in [4.78, 5) is 0. The van der Waals surface area contributed by atoms with Crippen molar-refractivity contribution >= 4 is 27.5 Å². The van der Waals surface area contributed by atoms with E-state index in [2.05, 4.69) is 35.1 Å². The van der Waals surface area contributed by atoms with Crippen LogP contribution in [0, 0.1) is 5.92 Å². The van der Waals surface area contributed by atoms with Crippen molar-refractivity contribution in [2.24, 2.45) is 5.92 Å². The van der Waals surface area contributed by atoms with Gasteiger partial charge in [-0.25, -0.2) is 0 Å². The van der Waals surface area contributed by atoms with E-state index >= 15 is 0 Å². The fraction of sp³-hybridized carbons (Fsp3) is 0.538. The molecule has 96 valence electrons. The number of benzene rings is 1. The highest BCUT2D eigenvalue weighted by Gasteiger charge is 2.10. The van der Waals surface area contributed by atoms with Crippen molar-refractivity contribution in [3.05, 3.63) is 33.3 Å². The normalized spacial score (nSPS) is 13.1. The summed E-state index contributed by atoms with van der Waals surface area (Å²) in [6.07, 6.45) is 0.967. The van der Waals surface area contributed by atoms with Crippen molar-refractivity contribution in [3.8, 4) is 0 Å². The van der Waals surface area contributed by atoms with Gasteiger partial charge in [0.25, 0.3) is 0 Å². The summed E-state index contributed by atoms with van der Waals surface area (Å²) in [6, 6.07) is 5.87. The van der Waals surface area contributed by atoms with Crippen molar-refractivity contribution in [2.75, 3.05) is 6.61 Å². The predicted octanol–water partition coefficient (Wildman–Crippen LogP) is 3.60. The molecule has 1 rings (SSSR count). The summed E-state index contributed by atoms with van der Waals surface area (Å²) >= 11 is 9.44. The summed E-state index contributed by atoms with van der Waals surface area (Å²) in [5.41, 5.74) is 1.11. The van der Waals surface area contributed by atoms with E-state index in [1.54, 1.807) is 0 Å². The average Bonchev–Trinajstić information content (AvgIpc) is 2.28. The number of hydrogen-bond donors (Lipinski definition) is 2. The summed E-state index contributed by atoms with van der Waals surface area (Å²) in [5, 5.41) is 13.4. The summed E-state index contributed by atoms with van der Waals surface area (Å²) in [6.45, 7) is 5.18. The van der Waals surface area contributed by atoms with Gasteiger partial charge in [0.2, 0.25) is 0 Å². The molecule has 0 aliphatic heterocycles. The molecule has 2 nitrogen and oxygen atoms in total. The van der Waals surface area contributed by atoms with E-state index in [1.165, 1.54) is 0 Å². The molecule has 0 aliphatic rings. The molecule has 0 radical (unpaired) electrons. The third-order valence-electron chi connectivity index (χ3n) is 2.57. The number of rotatable bonds is 6. The highest BCUT2D eigenvalue weighted by atomic mass is 79.9. The van der Waals surface area contributed by atoms with Gasteiger partial charge in [0.1, 0.15) is 0 Å². The second-order valence-electron chi connectivity index (χ2n) is 4.63. The minimum absolute atomic E-state index is 0.140. The van der Waals surface area contributed by atoms with Crippen LogP contribution in [-0.2, 0) is 6.54 Å². The second kappa shape index (κ2) is 7.37. The zero-order valence-electron chi connectivity index (χ0n) is 10.2. The molecule has 0 bridgehead atoms. The first kappa shape index (κ1) is 15.0. The molecule has 1 unspecified atom stereocenters. The van der Waals surface area contributed by atoms with Gasteiger partial charge in [0.15, 0.2) is 0 Å². The summed E-state index contributed by atoms with van der Waals surface area (Å²) < 4.78 is 1.04. The van der Waals surface area contributed by atoms with E-state index < -0.39 is 0 Å². The Morgan fingerprint density at radius 1 is 1.41 bits per heavy atom. The van der Waals surface area contributed by atoms with Crippen LogP contribution in [0.5, 0.6) is 0 Å². The molecule has 0 heterocycles. The molecule has 1 aromatic rings. The first-order valence-corrected chi connectivity index (χ1v) is 6.98. The Morgan fingerprint density at radius 2 is 2.12 bits per heavy atom. The molecule has 1 atom stereocenters. The quantitative estimate of drug-likeness (QED) is 0.839. The Labute approximate surface area is 117 Å². The Hall–Kier alpha value is -0.0900. The van der Waals surface area contributed by atoms with Gasteiger partial charge in [0, 0.05) is 22.1 Å². The van der Waals surface area contributed by atoms with Crippen LogP contribution in [0.3, 0.4) is 0 Å². The largest absolute Gasteiger partial charge is 0.395 e. The van der Waals surface area contributed by atoms with E-state index in [9.17, 15) is 5.11 Å². The van der Waals surface area contributed by atoms with Crippen LogP contribution >= 0.6 is 27.5 Å². The molecule has 2 N–H and O–H groups in total. The lowest BCUT2D eigenvalue weighted by Gasteiger charge is -2.18. The Balaban J connectivity index is 2.56. The number of hydrogen-bond acceptors (Lipinski definition) is 2. The molecule has 0 aliphatic carbocycles. The molecule has 0 aromatic heterocycles. The molecule has 0 saturated heterocycles. The lowest BCUT2D eigenvalue weighted by molar-refractivity contribution is 0.223. The van der Waals surface area contributed by atoms with Gasteiger partial charge in [-0.15, -0.1) is 0 Å². The molecule has 0 fully saturated rings. The maximum Gasteiger partial charge on any atom is 0.0584 e. The monoisotopic (exact) mass is 319 g/mol. The number of aliphatic hydroxyl groups is 1. The van der Waals surface area contributed by atoms with E-state index in [4.69, 9.17) is 11.6 Å². The van der Waals surface area contributed by atoms with Crippen LogP contribution in [-0.4, -0.2) is 17.8 Å². The second-order valence-corrected chi connectivity index (χ2v) is 5.92. The number of nitrogens with one attached hydrogen (secondary N) is 1. The summed E-state index contributed by atoms with van der Waals surface area (Å²) in [5.74, 6) is 0.572. The molecule has 17 heavy (non-hydrogen) atoms. The van der Waals surface area contributed by atoms with Crippen molar-refractivity contribution in [2.45, 2.75) is 32.9 Å². The van der Waals surface area contributed by atoms with Crippen LogP contribution in [0.1, 0.15) is 25.8 Å². The SMILES string of the molecule is CC(C)CC(CO)NCc1cc(Cl)ccc1Br. The molecule has 0 spiro atoms. The van der Waals surface area contributed by atoms with Crippen molar-refractivity contribution in [1.29, 1.82) is 0 Å². The van der Waals surface area contributed by atoms with E-state index in [1.807, 2.05) is 18.2 Å². The van der Waals surface area contributed by atoms with Crippen LogP contribution in [0.25, 0.3) is 0 Å². The van der Waals surface area contributed by atoms with Gasteiger partial charge < -0.3 is 10.4 Å². The van der Waals surface area contributed by atoms with E-state index in [0.717, 1.165) is 21.5 Å². The minimum Gasteiger partial charge on any atom is -0.395 e. The molecule has 0 saturated carbocycles. The van der Waals surface area contributed by atoms with Crippen molar-refractivity contribution in [1.82, 2.24) is 5.32 Å². The van der Waals surface area contributed by atoms with Gasteiger partial charge in [-0.1, -0.05) is 41.4 Å². The fourth-order valence-corrected chi connectivity index (χ4v) is 2.31. The van der Waals surface area contributed by atoms with Gasteiger partial charge in [-0.2, -0.15) is 0 Å². The van der Waals surface area contributed by atoms with E-state index in [0.29, 0.717) is 12.5 Å². The van der Waals surface area contributed by atoms with Crippen molar-refractivity contribution in [3.63, 3.8) is 0 Å². The van der Waals surface area contributed by atoms with Crippen LogP contribution in [0.15, 0.2) is 22.7 Å². The maximum atomic E-state index is 9.28. The van der Waals surface area contributed by atoms with Gasteiger partial charge in [-0.3, -0.25) is 0 Å². The third-order valence-corrected chi connectivity index (χ3v) is 3.57. The zero-order chi connectivity index (χ0) is 12.8. The molecular weight excluding hydrogens is 302 g/mol. The highest BCUT2D eigenvalue weighted by Crippen LogP contribution is 2.21.